The minimum atomic E-state index is -0.905. The van der Waals surface area contributed by atoms with E-state index < -0.39 is 35.3 Å². The van der Waals surface area contributed by atoms with E-state index in [1.807, 2.05) is 0 Å². The zero-order chi connectivity index (χ0) is 19.3. The van der Waals surface area contributed by atoms with E-state index in [-0.39, 0.29) is 34.7 Å². The number of carbonyl (C=O) groups excluding carboxylic acids is 2. The van der Waals surface area contributed by atoms with Crippen molar-refractivity contribution >= 4 is 52.4 Å². The van der Waals surface area contributed by atoms with Crippen LogP contribution in [-0.4, -0.2) is 18.5 Å². The molecule has 0 saturated carbocycles. The number of nitrogens with one attached hydrogen (secondary N) is 1. The second-order valence-electron chi connectivity index (χ2n) is 5.54. The third-order valence-electron chi connectivity index (χ3n) is 3.81. The van der Waals surface area contributed by atoms with Crippen LogP contribution in [0.2, 0.25) is 0 Å². The first-order valence-corrected chi connectivity index (χ1v) is 8.70. The average molecular weight is 425 g/mol. The highest BCUT2D eigenvalue weighted by molar-refractivity contribution is 6.59. The standard InChI is InChI=1S/C17H14Cl3F2NO3/c18-12(15(19)20)8-26-17(25)11-4-2-1-3-10(11)16(24)23-14-6-5-9(21)7-13(14)22/h1-2,5-7,10-11H,3-4,8H2,(H,23,24)/t10-,11+/m0/s1. The molecule has 0 aliphatic heterocycles. The summed E-state index contributed by atoms with van der Waals surface area (Å²) in [6.07, 6.45) is 4.05. The normalized spacial score (nSPS) is 19.0. The Morgan fingerprint density at radius 2 is 1.77 bits per heavy atom. The van der Waals surface area contributed by atoms with Crippen LogP contribution < -0.4 is 5.32 Å². The summed E-state index contributed by atoms with van der Waals surface area (Å²) in [5, 5.41) is 2.34. The lowest BCUT2D eigenvalue weighted by Gasteiger charge is -2.26. The van der Waals surface area contributed by atoms with Crippen molar-refractivity contribution in [1.82, 2.24) is 0 Å². The van der Waals surface area contributed by atoms with E-state index in [0.29, 0.717) is 6.07 Å². The van der Waals surface area contributed by atoms with E-state index in [1.54, 1.807) is 12.2 Å². The Hall–Kier alpha value is -1.63. The second-order valence-corrected chi connectivity index (χ2v) is 6.95. The third-order valence-corrected chi connectivity index (χ3v) is 4.75. The van der Waals surface area contributed by atoms with Crippen molar-refractivity contribution in [2.45, 2.75) is 12.8 Å². The van der Waals surface area contributed by atoms with Gasteiger partial charge >= 0.3 is 5.97 Å². The molecule has 4 nitrogen and oxygen atoms in total. The summed E-state index contributed by atoms with van der Waals surface area (Å²) in [4.78, 5) is 24.8. The van der Waals surface area contributed by atoms with Gasteiger partial charge in [0.15, 0.2) is 0 Å². The van der Waals surface area contributed by atoms with Crippen LogP contribution >= 0.6 is 34.8 Å². The lowest BCUT2D eigenvalue weighted by molar-refractivity contribution is -0.151. The highest BCUT2D eigenvalue weighted by Gasteiger charge is 2.35. The Morgan fingerprint density at radius 3 is 2.38 bits per heavy atom. The van der Waals surface area contributed by atoms with Crippen LogP contribution in [0.25, 0.3) is 0 Å². The molecule has 2 atom stereocenters. The Labute approximate surface area is 163 Å². The van der Waals surface area contributed by atoms with Crippen LogP contribution in [0.1, 0.15) is 12.8 Å². The van der Waals surface area contributed by atoms with Crippen LogP contribution in [0.15, 0.2) is 39.9 Å². The minimum absolute atomic E-state index is 0.0394. The van der Waals surface area contributed by atoms with Gasteiger partial charge in [-0.25, -0.2) is 8.78 Å². The van der Waals surface area contributed by atoms with Gasteiger partial charge in [0.2, 0.25) is 5.91 Å². The molecule has 140 valence electrons. The molecule has 1 aromatic rings. The van der Waals surface area contributed by atoms with Gasteiger partial charge in [-0.05, 0) is 25.0 Å². The smallest absolute Gasteiger partial charge is 0.310 e. The van der Waals surface area contributed by atoms with E-state index in [4.69, 9.17) is 39.5 Å². The van der Waals surface area contributed by atoms with E-state index >= 15 is 0 Å². The van der Waals surface area contributed by atoms with Crippen molar-refractivity contribution < 1.29 is 23.1 Å². The number of hydrogen-bond acceptors (Lipinski definition) is 3. The molecule has 26 heavy (non-hydrogen) atoms. The van der Waals surface area contributed by atoms with E-state index in [2.05, 4.69) is 5.32 Å². The van der Waals surface area contributed by atoms with Crippen LogP contribution in [-0.2, 0) is 14.3 Å². The zero-order valence-corrected chi connectivity index (χ0v) is 15.5. The fraction of sp³-hybridized carbons (Fsp3) is 0.294. The highest BCUT2D eigenvalue weighted by Crippen LogP contribution is 2.29. The maximum atomic E-state index is 13.7. The molecule has 1 aromatic carbocycles. The van der Waals surface area contributed by atoms with E-state index in [0.717, 1.165) is 12.1 Å². The number of anilines is 1. The first-order chi connectivity index (χ1) is 12.3. The molecule has 0 heterocycles. The molecular formula is C17H14Cl3F2NO3. The first kappa shape index (κ1) is 20.7. The maximum Gasteiger partial charge on any atom is 0.310 e. The molecule has 9 heteroatoms. The molecule has 2 rings (SSSR count). The number of allylic oxidation sites excluding steroid dienone is 2. The van der Waals surface area contributed by atoms with Crippen LogP contribution in [0.3, 0.4) is 0 Å². The van der Waals surface area contributed by atoms with Gasteiger partial charge in [0, 0.05) is 6.07 Å². The van der Waals surface area contributed by atoms with Crippen molar-refractivity contribution in [2.75, 3.05) is 11.9 Å². The highest BCUT2D eigenvalue weighted by atomic mass is 35.5. The summed E-state index contributed by atoms with van der Waals surface area (Å²) in [6.45, 7) is -0.316. The molecule has 0 unspecified atom stereocenters. The molecule has 0 aromatic heterocycles. The topological polar surface area (TPSA) is 55.4 Å². The zero-order valence-electron chi connectivity index (χ0n) is 13.3. The van der Waals surface area contributed by atoms with Gasteiger partial charge in [-0.3, -0.25) is 9.59 Å². The fourth-order valence-corrected chi connectivity index (χ4v) is 2.64. The van der Waals surface area contributed by atoms with Crippen molar-refractivity contribution in [1.29, 1.82) is 0 Å². The molecule has 1 amide bonds. The van der Waals surface area contributed by atoms with E-state index in [9.17, 15) is 18.4 Å². The molecule has 0 saturated heterocycles. The monoisotopic (exact) mass is 423 g/mol. The van der Waals surface area contributed by atoms with Gasteiger partial charge in [0.1, 0.15) is 22.7 Å². The Balaban J connectivity index is 2.07. The molecule has 1 N–H and O–H groups in total. The first-order valence-electron chi connectivity index (χ1n) is 7.56. The molecule has 0 bridgehead atoms. The predicted octanol–water partition coefficient (Wildman–Crippen LogP) is 4.91. The number of halogens is 5. The molecule has 0 fully saturated rings. The number of esters is 1. The summed E-state index contributed by atoms with van der Waals surface area (Å²) in [7, 11) is 0. The summed E-state index contributed by atoms with van der Waals surface area (Å²) in [5.41, 5.74) is -0.169. The van der Waals surface area contributed by atoms with E-state index in [1.165, 1.54) is 0 Å². The molecule has 0 radical (unpaired) electrons. The third kappa shape index (κ3) is 5.43. The SMILES string of the molecule is O=C(Nc1ccc(F)cc1F)[C@H]1CC=CC[C@H]1C(=O)OCC(Cl)=C(Cl)Cl. The van der Waals surface area contributed by atoms with Gasteiger partial charge in [-0.2, -0.15) is 0 Å². The summed E-state index contributed by atoms with van der Waals surface area (Å²) >= 11 is 16.7. The Bertz CT molecular complexity index is 764. The van der Waals surface area contributed by atoms with Crippen LogP contribution in [0.4, 0.5) is 14.5 Å². The van der Waals surface area contributed by atoms with Crippen molar-refractivity contribution in [2.24, 2.45) is 11.8 Å². The number of carbonyl (C=O) groups is 2. The average Bonchev–Trinajstić information content (AvgIpc) is 2.61. The van der Waals surface area contributed by atoms with Gasteiger partial charge in [-0.1, -0.05) is 47.0 Å². The summed E-state index contributed by atoms with van der Waals surface area (Å²) in [5.74, 6) is -4.43. The van der Waals surface area contributed by atoms with Crippen molar-refractivity contribution in [3.05, 3.63) is 51.5 Å². The van der Waals surface area contributed by atoms with Gasteiger partial charge in [0.05, 0.1) is 22.6 Å². The lowest BCUT2D eigenvalue weighted by Crippen LogP contribution is -2.36. The fourth-order valence-electron chi connectivity index (χ4n) is 2.48. The molecular weight excluding hydrogens is 411 g/mol. The number of ether oxygens (including phenoxy) is 1. The van der Waals surface area contributed by atoms with Crippen LogP contribution in [0.5, 0.6) is 0 Å². The largest absolute Gasteiger partial charge is 0.460 e. The Kier molecular flexibility index (Phi) is 7.43. The second kappa shape index (κ2) is 9.35. The van der Waals surface area contributed by atoms with Crippen molar-refractivity contribution in [3.63, 3.8) is 0 Å². The van der Waals surface area contributed by atoms with Gasteiger partial charge < -0.3 is 10.1 Å². The van der Waals surface area contributed by atoms with Gasteiger partial charge in [0.25, 0.3) is 0 Å². The maximum absolute atomic E-state index is 13.7. The number of benzene rings is 1. The Morgan fingerprint density at radius 1 is 1.12 bits per heavy atom. The predicted molar refractivity (Wildman–Crippen MR) is 95.9 cm³/mol. The van der Waals surface area contributed by atoms with Crippen molar-refractivity contribution in [3.8, 4) is 0 Å². The number of hydrogen-bond donors (Lipinski definition) is 1. The minimum Gasteiger partial charge on any atom is -0.460 e. The molecule has 1 aliphatic rings. The number of amides is 1. The summed E-state index contributed by atoms with van der Waals surface area (Å²) in [6, 6.07) is 2.80. The quantitative estimate of drug-likeness (QED) is 0.539. The van der Waals surface area contributed by atoms with Crippen LogP contribution in [0, 0.1) is 23.5 Å². The lowest BCUT2D eigenvalue weighted by atomic mass is 9.82. The summed E-state index contributed by atoms with van der Waals surface area (Å²) < 4.78 is 31.5. The van der Waals surface area contributed by atoms with Gasteiger partial charge in [-0.15, -0.1) is 0 Å². The molecule has 0 spiro atoms. The molecule has 1 aliphatic carbocycles. The number of rotatable bonds is 5.